The smallest absolute Gasteiger partial charge is 0.328 e. The number of carbonyl (C=O) groups excluding carboxylic acids is 3. The fourth-order valence-corrected chi connectivity index (χ4v) is 6.51. The summed E-state index contributed by atoms with van der Waals surface area (Å²) in [5, 5.41) is 22.5. The number of allylic oxidation sites excluding steroid dienone is 4. The maximum atomic E-state index is 12.6. The highest BCUT2D eigenvalue weighted by molar-refractivity contribution is 5.87. The minimum atomic E-state index is -1.38. The van der Waals surface area contributed by atoms with Crippen molar-refractivity contribution in [3.63, 3.8) is 0 Å². The maximum Gasteiger partial charge on any atom is 0.328 e. The quantitative estimate of drug-likeness (QED) is 0.0276. The van der Waals surface area contributed by atoms with Gasteiger partial charge < -0.3 is 25.6 Å². The summed E-state index contributed by atoms with van der Waals surface area (Å²) in [6.07, 6.45) is 43.9. The zero-order valence-corrected chi connectivity index (χ0v) is 34.7. The Bertz CT molecular complexity index is 968. The summed E-state index contributed by atoms with van der Waals surface area (Å²) in [5.74, 6) is -2.33. The van der Waals surface area contributed by atoms with Crippen LogP contribution < -0.4 is 10.6 Å². The van der Waals surface area contributed by atoms with Crippen LogP contribution in [0.1, 0.15) is 213 Å². The molecule has 0 rings (SSSR count). The molecule has 0 aliphatic carbocycles. The van der Waals surface area contributed by atoms with E-state index in [1.807, 2.05) is 0 Å². The van der Waals surface area contributed by atoms with Crippen LogP contribution in [0.5, 0.6) is 0 Å². The summed E-state index contributed by atoms with van der Waals surface area (Å²) in [6.45, 7) is 3.41. The van der Waals surface area contributed by atoms with E-state index in [9.17, 15) is 19.2 Å². The Morgan fingerprint density at radius 1 is 0.556 bits per heavy atom. The molecule has 2 unspecified atom stereocenters. The van der Waals surface area contributed by atoms with Crippen LogP contribution in [-0.4, -0.2) is 59.3 Å². The van der Waals surface area contributed by atoms with E-state index < -0.39 is 24.5 Å². The Morgan fingerprint density at radius 3 is 1.50 bits per heavy atom. The lowest BCUT2D eigenvalue weighted by Gasteiger charge is -2.18. The van der Waals surface area contributed by atoms with Gasteiger partial charge >= 0.3 is 11.9 Å². The van der Waals surface area contributed by atoms with Gasteiger partial charge in [0, 0.05) is 12.8 Å². The number of rotatable bonds is 40. The fourth-order valence-electron chi connectivity index (χ4n) is 6.51. The van der Waals surface area contributed by atoms with Crippen LogP contribution in [0.25, 0.3) is 0 Å². The van der Waals surface area contributed by atoms with Crippen LogP contribution in [0.3, 0.4) is 0 Å². The monoisotopic (exact) mass is 763 g/mol. The van der Waals surface area contributed by atoms with E-state index in [1.165, 1.54) is 116 Å². The first-order chi connectivity index (χ1) is 26.3. The molecule has 9 heteroatoms. The number of carbonyl (C=O) groups is 4. The average molecular weight is 763 g/mol. The number of unbranched alkanes of at least 4 members (excludes halogenated alkanes) is 22. The number of nitrogens with one attached hydrogen (secondary N) is 2. The van der Waals surface area contributed by atoms with Crippen molar-refractivity contribution in [2.75, 3.05) is 13.2 Å². The van der Waals surface area contributed by atoms with Crippen LogP contribution >= 0.6 is 0 Å². The molecule has 0 aliphatic rings. The Kier molecular flexibility index (Phi) is 38.0. The van der Waals surface area contributed by atoms with Crippen molar-refractivity contribution >= 4 is 23.8 Å². The number of ether oxygens (including phenoxy) is 1. The zero-order chi connectivity index (χ0) is 39.7. The standard InChI is InChI=1S/C45H82N2O7/c1-3-5-7-9-10-11-12-13-14-15-16-17-18-19-20-21-22-23-24-25-26-27-33-37-44(51)54-40(34-30-8-6-4-2)35-31-28-29-32-36-42(49)46-38-43(50)47-41(39-48)45(52)53/h12-13,15-16,40-41,48H,3-11,14,17-39H2,1-2H3,(H,46,49)(H,47,50)(H,52,53)/b13-12-,16-15-. The SMILES string of the molecule is CCCCCCC/C=C\C/C=C\CCCCCCCCCCCCCC(=O)OC(CCCCCC)CCCCCCC(=O)NCC(=O)NC(CO)C(=O)O. The van der Waals surface area contributed by atoms with Gasteiger partial charge in [0.2, 0.25) is 11.8 Å². The van der Waals surface area contributed by atoms with Gasteiger partial charge in [0.25, 0.3) is 0 Å². The molecule has 0 fully saturated rings. The van der Waals surface area contributed by atoms with Crippen molar-refractivity contribution in [1.29, 1.82) is 0 Å². The molecule has 0 aromatic heterocycles. The van der Waals surface area contributed by atoms with E-state index >= 15 is 0 Å². The van der Waals surface area contributed by atoms with Crippen LogP contribution in [0, 0.1) is 0 Å². The molecule has 54 heavy (non-hydrogen) atoms. The van der Waals surface area contributed by atoms with Crippen molar-refractivity contribution < 1.29 is 34.1 Å². The van der Waals surface area contributed by atoms with Crippen LogP contribution in [-0.2, 0) is 23.9 Å². The number of carboxylic acid groups (broad SMARTS) is 1. The molecular weight excluding hydrogens is 681 g/mol. The second kappa shape index (κ2) is 40.0. The van der Waals surface area contributed by atoms with Gasteiger partial charge in [-0.15, -0.1) is 0 Å². The number of aliphatic hydroxyl groups is 1. The van der Waals surface area contributed by atoms with Gasteiger partial charge in [-0.25, -0.2) is 4.79 Å². The molecule has 4 N–H and O–H groups in total. The van der Waals surface area contributed by atoms with Crippen molar-refractivity contribution in [3.05, 3.63) is 24.3 Å². The van der Waals surface area contributed by atoms with E-state index in [4.69, 9.17) is 14.9 Å². The lowest BCUT2D eigenvalue weighted by molar-refractivity contribution is -0.150. The summed E-state index contributed by atoms with van der Waals surface area (Å²) in [4.78, 5) is 47.3. The molecule has 314 valence electrons. The van der Waals surface area contributed by atoms with Gasteiger partial charge in [0.05, 0.1) is 13.2 Å². The summed E-state index contributed by atoms with van der Waals surface area (Å²) in [5.41, 5.74) is 0. The van der Waals surface area contributed by atoms with E-state index in [1.54, 1.807) is 0 Å². The molecule has 0 saturated carbocycles. The van der Waals surface area contributed by atoms with E-state index in [-0.39, 0.29) is 30.9 Å². The second-order valence-electron chi connectivity index (χ2n) is 15.1. The van der Waals surface area contributed by atoms with Gasteiger partial charge in [0.15, 0.2) is 0 Å². The van der Waals surface area contributed by atoms with Crippen LogP contribution in [0.4, 0.5) is 0 Å². The Hall–Kier alpha value is -2.68. The van der Waals surface area contributed by atoms with E-state index in [2.05, 4.69) is 48.8 Å². The molecule has 0 heterocycles. The molecule has 9 nitrogen and oxygen atoms in total. The Morgan fingerprint density at radius 2 is 1.00 bits per heavy atom. The number of aliphatic carboxylic acids is 1. The van der Waals surface area contributed by atoms with E-state index in [0.29, 0.717) is 12.8 Å². The highest BCUT2D eigenvalue weighted by Gasteiger charge is 2.19. The first-order valence-corrected chi connectivity index (χ1v) is 22.2. The van der Waals surface area contributed by atoms with Gasteiger partial charge in [-0.05, 0) is 70.6 Å². The topological polar surface area (TPSA) is 142 Å². The highest BCUT2D eigenvalue weighted by atomic mass is 16.5. The third-order valence-corrected chi connectivity index (χ3v) is 9.95. The second-order valence-corrected chi connectivity index (χ2v) is 15.1. The molecule has 0 bridgehead atoms. The molecular formula is C45H82N2O7. The largest absolute Gasteiger partial charge is 0.480 e. The Balaban J connectivity index is 3.88. The predicted molar refractivity (Wildman–Crippen MR) is 222 cm³/mol. The number of esters is 1. The summed E-state index contributed by atoms with van der Waals surface area (Å²) in [6, 6.07) is -1.38. The van der Waals surface area contributed by atoms with Gasteiger partial charge in [-0.1, -0.05) is 154 Å². The molecule has 0 aliphatic heterocycles. The van der Waals surface area contributed by atoms with Crippen molar-refractivity contribution in [2.45, 2.75) is 225 Å². The normalized spacial score (nSPS) is 12.6. The van der Waals surface area contributed by atoms with Crippen molar-refractivity contribution in [3.8, 4) is 0 Å². The van der Waals surface area contributed by atoms with Gasteiger partial charge in [0.1, 0.15) is 12.1 Å². The van der Waals surface area contributed by atoms with Crippen LogP contribution in [0.15, 0.2) is 24.3 Å². The third-order valence-electron chi connectivity index (χ3n) is 9.95. The van der Waals surface area contributed by atoms with Crippen molar-refractivity contribution in [2.24, 2.45) is 0 Å². The molecule has 0 radical (unpaired) electrons. The van der Waals surface area contributed by atoms with Gasteiger partial charge in [-0.2, -0.15) is 0 Å². The van der Waals surface area contributed by atoms with E-state index in [0.717, 1.165) is 64.2 Å². The van der Waals surface area contributed by atoms with Gasteiger partial charge in [-0.3, -0.25) is 14.4 Å². The number of hydrogen-bond acceptors (Lipinski definition) is 6. The first-order valence-electron chi connectivity index (χ1n) is 22.2. The number of hydrogen-bond donors (Lipinski definition) is 4. The molecule has 2 amide bonds. The molecule has 0 aromatic carbocycles. The maximum absolute atomic E-state index is 12.6. The lowest BCUT2D eigenvalue weighted by Crippen LogP contribution is -2.47. The minimum Gasteiger partial charge on any atom is -0.480 e. The summed E-state index contributed by atoms with van der Waals surface area (Å²) >= 11 is 0. The van der Waals surface area contributed by atoms with Crippen LogP contribution in [0.2, 0.25) is 0 Å². The lowest BCUT2D eigenvalue weighted by atomic mass is 10.0. The van der Waals surface area contributed by atoms with Crippen molar-refractivity contribution in [1.82, 2.24) is 10.6 Å². The zero-order valence-electron chi connectivity index (χ0n) is 34.7. The molecule has 0 aromatic rings. The fraction of sp³-hybridized carbons (Fsp3) is 0.822. The molecule has 0 saturated heterocycles. The first kappa shape index (κ1) is 51.3. The molecule has 2 atom stereocenters. The number of aliphatic hydroxyl groups excluding tert-OH is 1. The summed E-state index contributed by atoms with van der Waals surface area (Å²) in [7, 11) is 0. The highest BCUT2D eigenvalue weighted by Crippen LogP contribution is 2.18. The number of amides is 2. The predicted octanol–water partition coefficient (Wildman–Crippen LogP) is 10.8. The third kappa shape index (κ3) is 36.3. The molecule has 0 spiro atoms. The average Bonchev–Trinajstić information content (AvgIpc) is 3.16. The summed E-state index contributed by atoms with van der Waals surface area (Å²) < 4.78 is 5.93. The Labute approximate surface area is 330 Å². The number of carboxylic acids is 1. The minimum absolute atomic E-state index is 0.0388.